The van der Waals surface area contributed by atoms with E-state index in [4.69, 9.17) is 5.73 Å². The van der Waals surface area contributed by atoms with Gasteiger partial charge >= 0.3 is 6.03 Å². The molecule has 0 spiro atoms. The molecule has 1 aromatic rings. The minimum absolute atomic E-state index is 0. The fourth-order valence-electron chi connectivity index (χ4n) is 2.50. The van der Waals surface area contributed by atoms with Crippen molar-refractivity contribution in [1.82, 2.24) is 10.6 Å². The lowest BCUT2D eigenvalue weighted by Crippen LogP contribution is -2.38. The number of carbonyl (C=O) groups is 1. The van der Waals surface area contributed by atoms with Gasteiger partial charge in [-0.25, -0.2) is 9.79 Å². The number of benzene rings is 1. The fraction of sp³-hybridized carbons (Fsp3) is 0.600. The lowest BCUT2D eigenvalue weighted by atomic mass is 10.0. The average Bonchev–Trinajstić information content (AvgIpc) is 2.53. The highest BCUT2D eigenvalue weighted by Gasteiger charge is 2.05. The van der Waals surface area contributed by atoms with E-state index in [1.165, 1.54) is 12.8 Å². The van der Waals surface area contributed by atoms with E-state index >= 15 is 0 Å². The van der Waals surface area contributed by atoms with Gasteiger partial charge < -0.3 is 21.7 Å². The van der Waals surface area contributed by atoms with Gasteiger partial charge in [0.25, 0.3) is 0 Å². The monoisotopic (exact) mass is 489 g/mol. The number of hydrogen-bond acceptors (Lipinski definition) is 2. The number of guanidine groups is 1. The third kappa shape index (κ3) is 12.5. The Kier molecular flexibility index (Phi) is 12.9. The van der Waals surface area contributed by atoms with Crippen molar-refractivity contribution in [3.8, 4) is 0 Å². The molecule has 1 aromatic carbocycles. The SMILES string of the molecule is CC(C)CCCC(C)NC(N)=NCc1ccc(NC(=O)NC(C)C)cc1.I. The summed E-state index contributed by atoms with van der Waals surface area (Å²) < 4.78 is 0. The Labute approximate surface area is 181 Å². The lowest BCUT2D eigenvalue weighted by molar-refractivity contribution is 0.250. The van der Waals surface area contributed by atoms with Crippen LogP contribution in [0, 0.1) is 5.92 Å². The molecule has 1 atom stereocenters. The van der Waals surface area contributed by atoms with Gasteiger partial charge in [0.2, 0.25) is 0 Å². The minimum atomic E-state index is -0.203. The second-order valence-electron chi connectivity index (χ2n) is 7.52. The molecule has 0 heterocycles. The van der Waals surface area contributed by atoms with Gasteiger partial charge in [-0.2, -0.15) is 0 Å². The van der Waals surface area contributed by atoms with Crippen molar-refractivity contribution < 1.29 is 4.79 Å². The summed E-state index contributed by atoms with van der Waals surface area (Å²) in [4.78, 5) is 16.1. The van der Waals surface area contributed by atoms with Crippen LogP contribution in [-0.2, 0) is 6.54 Å². The third-order valence-corrected chi connectivity index (χ3v) is 3.88. The van der Waals surface area contributed by atoms with E-state index in [0.717, 1.165) is 23.6 Å². The van der Waals surface area contributed by atoms with Gasteiger partial charge in [-0.05, 0) is 50.8 Å². The zero-order valence-corrected chi connectivity index (χ0v) is 19.5. The Hall–Kier alpha value is -1.51. The number of rotatable bonds is 9. The van der Waals surface area contributed by atoms with Crippen molar-refractivity contribution in [3.63, 3.8) is 0 Å². The Morgan fingerprint density at radius 1 is 1.04 bits per heavy atom. The number of urea groups is 1. The molecular weight excluding hydrogens is 453 g/mol. The summed E-state index contributed by atoms with van der Waals surface area (Å²) in [5.74, 6) is 1.21. The van der Waals surface area contributed by atoms with Crippen LogP contribution >= 0.6 is 24.0 Å². The van der Waals surface area contributed by atoms with Gasteiger partial charge in [-0.3, -0.25) is 0 Å². The van der Waals surface area contributed by atoms with E-state index in [-0.39, 0.29) is 36.0 Å². The van der Waals surface area contributed by atoms with E-state index in [9.17, 15) is 4.79 Å². The first-order chi connectivity index (χ1) is 12.3. The molecule has 7 heteroatoms. The van der Waals surface area contributed by atoms with Crippen molar-refractivity contribution in [3.05, 3.63) is 29.8 Å². The number of nitrogens with zero attached hydrogens (tertiary/aromatic N) is 1. The van der Waals surface area contributed by atoms with Crippen molar-refractivity contribution in [2.24, 2.45) is 16.6 Å². The van der Waals surface area contributed by atoms with Gasteiger partial charge in [0.15, 0.2) is 5.96 Å². The Morgan fingerprint density at radius 3 is 2.22 bits per heavy atom. The number of carbonyl (C=O) groups excluding carboxylic acids is 1. The third-order valence-electron chi connectivity index (χ3n) is 3.88. The van der Waals surface area contributed by atoms with E-state index < -0.39 is 0 Å². The van der Waals surface area contributed by atoms with Crippen molar-refractivity contribution in [2.75, 3.05) is 5.32 Å². The quantitative estimate of drug-likeness (QED) is 0.235. The minimum Gasteiger partial charge on any atom is -0.370 e. The van der Waals surface area contributed by atoms with Crippen LogP contribution in [0.1, 0.15) is 59.4 Å². The highest BCUT2D eigenvalue weighted by atomic mass is 127. The summed E-state index contributed by atoms with van der Waals surface area (Å²) in [6, 6.07) is 7.83. The molecule has 27 heavy (non-hydrogen) atoms. The Balaban J connectivity index is 0.00000676. The van der Waals surface area contributed by atoms with Crippen LogP contribution in [0.3, 0.4) is 0 Å². The van der Waals surface area contributed by atoms with Gasteiger partial charge in [-0.1, -0.05) is 38.8 Å². The first kappa shape index (κ1) is 25.5. The van der Waals surface area contributed by atoms with Crippen LogP contribution in [0.4, 0.5) is 10.5 Å². The predicted molar refractivity (Wildman–Crippen MR) is 126 cm³/mol. The molecule has 1 rings (SSSR count). The van der Waals surface area contributed by atoms with Crippen LogP contribution < -0.4 is 21.7 Å². The summed E-state index contributed by atoms with van der Waals surface area (Å²) in [6.45, 7) is 11.0. The Bertz CT molecular complexity index is 572. The summed E-state index contributed by atoms with van der Waals surface area (Å²) in [6.07, 6.45) is 3.52. The second kappa shape index (κ2) is 13.6. The smallest absolute Gasteiger partial charge is 0.319 e. The highest BCUT2D eigenvalue weighted by Crippen LogP contribution is 2.11. The topological polar surface area (TPSA) is 91.5 Å². The van der Waals surface area contributed by atoms with Crippen LogP contribution in [0.25, 0.3) is 0 Å². The number of halogens is 1. The summed E-state index contributed by atoms with van der Waals surface area (Å²) in [5, 5.41) is 8.83. The van der Waals surface area contributed by atoms with Gasteiger partial charge in [0.05, 0.1) is 6.54 Å². The summed E-state index contributed by atoms with van der Waals surface area (Å²) in [7, 11) is 0. The largest absolute Gasteiger partial charge is 0.370 e. The molecular formula is C20H36IN5O. The molecule has 154 valence electrons. The molecule has 0 aliphatic heterocycles. The van der Waals surface area contributed by atoms with Gasteiger partial charge in [0.1, 0.15) is 0 Å². The predicted octanol–water partition coefficient (Wildman–Crippen LogP) is 4.45. The zero-order chi connectivity index (χ0) is 19.5. The van der Waals surface area contributed by atoms with Crippen LogP contribution in [-0.4, -0.2) is 24.1 Å². The molecule has 0 aliphatic rings. The van der Waals surface area contributed by atoms with E-state index in [1.807, 2.05) is 38.1 Å². The van der Waals surface area contributed by atoms with Crippen LogP contribution in [0.5, 0.6) is 0 Å². The van der Waals surface area contributed by atoms with E-state index in [0.29, 0.717) is 18.5 Å². The summed E-state index contributed by atoms with van der Waals surface area (Å²) >= 11 is 0. The number of aliphatic imine (C=N–C) groups is 1. The average molecular weight is 489 g/mol. The molecule has 5 N–H and O–H groups in total. The van der Waals surface area contributed by atoms with Crippen molar-refractivity contribution >= 4 is 41.7 Å². The fourth-order valence-corrected chi connectivity index (χ4v) is 2.50. The Morgan fingerprint density at radius 2 is 1.67 bits per heavy atom. The lowest BCUT2D eigenvalue weighted by Gasteiger charge is -2.15. The van der Waals surface area contributed by atoms with Crippen molar-refractivity contribution in [2.45, 2.75) is 72.5 Å². The molecule has 0 bridgehead atoms. The van der Waals surface area contributed by atoms with Crippen molar-refractivity contribution in [1.29, 1.82) is 0 Å². The van der Waals surface area contributed by atoms with Crippen LogP contribution in [0.15, 0.2) is 29.3 Å². The molecule has 2 amide bonds. The molecule has 0 aromatic heterocycles. The van der Waals surface area contributed by atoms with E-state index in [1.54, 1.807) is 0 Å². The van der Waals surface area contributed by atoms with E-state index in [2.05, 4.69) is 41.7 Å². The number of anilines is 1. The highest BCUT2D eigenvalue weighted by molar-refractivity contribution is 14.0. The van der Waals surface area contributed by atoms with Gasteiger partial charge in [-0.15, -0.1) is 24.0 Å². The molecule has 1 unspecified atom stereocenters. The first-order valence-electron chi connectivity index (χ1n) is 9.49. The molecule has 0 saturated carbocycles. The molecule has 0 fully saturated rings. The molecule has 6 nitrogen and oxygen atoms in total. The second-order valence-corrected chi connectivity index (χ2v) is 7.52. The number of hydrogen-bond donors (Lipinski definition) is 4. The zero-order valence-electron chi connectivity index (χ0n) is 17.2. The maximum Gasteiger partial charge on any atom is 0.319 e. The van der Waals surface area contributed by atoms with Crippen LogP contribution in [0.2, 0.25) is 0 Å². The normalized spacial score (nSPS) is 12.5. The maximum absolute atomic E-state index is 11.7. The molecule has 0 radical (unpaired) electrons. The maximum atomic E-state index is 11.7. The first-order valence-corrected chi connectivity index (χ1v) is 9.49. The van der Waals surface area contributed by atoms with Gasteiger partial charge in [0, 0.05) is 17.8 Å². The summed E-state index contributed by atoms with van der Waals surface area (Å²) in [5.41, 5.74) is 7.76. The molecule has 0 saturated heterocycles. The number of nitrogens with one attached hydrogen (secondary N) is 3. The standard InChI is InChI=1S/C20H35N5O.HI/c1-14(2)7-6-8-16(5)24-19(21)22-13-17-9-11-18(12-10-17)25-20(26)23-15(3)4;/h9-12,14-16H,6-8,13H2,1-5H3,(H3,21,22,24)(H2,23,25,26);1H. The number of amides is 2. The number of nitrogens with two attached hydrogens (primary N) is 1. The molecule has 0 aliphatic carbocycles.